The summed E-state index contributed by atoms with van der Waals surface area (Å²) in [6, 6.07) is 5.91. The van der Waals surface area contributed by atoms with Gasteiger partial charge < -0.3 is 5.32 Å². The van der Waals surface area contributed by atoms with Crippen LogP contribution in [0.15, 0.2) is 36.4 Å². The standard InChI is InChI=1S/C23H19ClF6N6O/c1-12-20(24)13(2)35(33-12)9-3-8-31-21(37)17-11-19-32-16(14-4-6-15(25)7-5-14)10-18(36(19)34-17)22(26,27)23(28,29)30/h4-7,10-11H,3,8-9H2,1-2H3,(H,31,37). The fourth-order valence-corrected chi connectivity index (χ4v) is 3.77. The number of hydrogen-bond acceptors (Lipinski definition) is 4. The van der Waals surface area contributed by atoms with E-state index in [2.05, 4.69) is 20.5 Å². The molecule has 1 N–H and O–H groups in total. The minimum absolute atomic E-state index is 0.0968. The summed E-state index contributed by atoms with van der Waals surface area (Å²) < 4.78 is 83.8. The van der Waals surface area contributed by atoms with Gasteiger partial charge in [-0.25, -0.2) is 13.9 Å². The quantitative estimate of drug-likeness (QED) is 0.247. The van der Waals surface area contributed by atoms with E-state index in [1.807, 2.05) is 0 Å². The van der Waals surface area contributed by atoms with E-state index in [1.54, 1.807) is 18.5 Å². The van der Waals surface area contributed by atoms with Crippen LogP contribution in [0.2, 0.25) is 5.02 Å². The largest absolute Gasteiger partial charge is 0.459 e. The first kappa shape index (κ1) is 26.5. The van der Waals surface area contributed by atoms with Crippen molar-refractivity contribution < 1.29 is 31.1 Å². The average Bonchev–Trinajstić information content (AvgIpc) is 3.37. The fourth-order valence-electron chi connectivity index (χ4n) is 3.64. The molecule has 0 spiro atoms. The van der Waals surface area contributed by atoms with Crippen LogP contribution in [0.1, 0.15) is 34.0 Å². The number of carbonyl (C=O) groups excluding carboxylic acids is 1. The lowest BCUT2D eigenvalue weighted by Gasteiger charge is -2.21. The van der Waals surface area contributed by atoms with E-state index in [1.165, 1.54) is 12.1 Å². The van der Waals surface area contributed by atoms with Crippen molar-refractivity contribution in [2.24, 2.45) is 0 Å². The molecular weight excluding hydrogens is 526 g/mol. The van der Waals surface area contributed by atoms with Crippen LogP contribution in [-0.4, -0.2) is 43.0 Å². The molecule has 3 heterocycles. The van der Waals surface area contributed by atoms with Crippen molar-refractivity contribution in [1.82, 2.24) is 29.7 Å². The monoisotopic (exact) mass is 544 g/mol. The number of amides is 1. The molecule has 0 bridgehead atoms. The van der Waals surface area contributed by atoms with Crippen LogP contribution < -0.4 is 5.32 Å². The Morgan fingerprint density at radius 3 is 2.32 bits per heavy atom. The lowest BCUT2D eigenvalue weighted by Crippen LogP contribution is -2.36. The molecule has 0 unspecified atom stereocenters. The Balaban J connectivity index is 1.61. The fraction of sp³-hybridized carbons (Fsp3) is 0.304. The zero-order valence-electron chi connectivity index (χ0n) is 19.4. The first-order valence-corrected chi connectivity index (χ1v) is 11.3. The van der Waals surface area contributed by atoms with Crippen LogP contribution in [0.25, 0.3) is 16.9 Å². The molecular formula is C23H19ClF6N6O. The second-order valence-electron chi connectivity index (χ2n) is 8.22. The van der Waals surface area contributed by atoms with Crippen LogP contribution in [0, 0.1) is 19.7 Å². The summed E-state index contributed by atoms with van der Waals surface area (Å²) in [6.45, 7) is 4.11. The summed E-state index contributed by atoms with van der Waals surface area (Å²) in [5.41, 5.74) is -1.12. The molecule has 0 aliphatic rings. The van der Waals surface area contributed by atoms with Crippen molar-refractivity contribution in [3.05, 3.63) is 70.0 Å². The van der Waals surface area contributed by atoms with Crippen LogP contribution in [0.5, 0.6) is 0 Å². The highest BCUT2D eigenvalue weighted by Gasteiger charge is 2.60. The van der Waals surface area contributed by atoms with E-state index in [4.69, 9.17) is 11.6 Å². The SMILES string of the molecule is Cc1nn(CCCNC(=O)c2cc3nc(-c4ccc(F)cc4)cc(C(F)(F)C(F)(F)F)n3n2)c(C)c1Cl. The van der Waals surface area contributed by atoms with Gasteiger partial charge in [-0.05, 0) is 50.6 Å². The topological polar surface area (TPSA) is 77.1 Å². The van der Waals surface area contributed by atoms with Gasteiger partial charge in [0, 0.05) is 24.7 Å². The lowest BCUT2D eigenvalue weighted by atomic mass is 10.1. The summed E-state index contributed by atoms with van der Waals surface area (Å²) in [5, 5.41) is 11.0. The number of aryl methyl sites for hydroxylation is 2. The number of aromatic nitrogens is 5. The van der Waals surface area contributed by atoms with Gasteiger partial charge in [0.15, 0.2) is 11.3 Å². The van der Waals surface area contributed by atoms with E-state index in [0.717, 1.165) is 23.9 Å². The molecule has 0 saturated heterocycles. The number of rotatable bonds is 7. The highest BCUT2D eigenvalue weighted by molar-refractivity contribution is 6.31. The molecule has 4 rings (SSSR count). The molecule has 7 nitrogen and oxygen atoms in total. The highest BCUT2D eigenvalue weighted by atomic mass is 35.5. The third-order valence-electron chi connectivity index (χ3n) is 5.60. The third kappa shape index (κ3) is 5.13. The number of carbonyl (C=O) groups is 1. The molecule has 1 amide bonds. The summed E-state index contributed by atoms with van der Waals surface area (Å²) in [7, 11) is 0. The van der Waals surface area contributed by atoms with Crippen LogP contribution >= 0.6 is 11.6 Å². The van der Waals surface area contributed by atoms with E-state index in [-0.39, 0.29) is 22.3 Å². The normalized spacial score (nSPS) is 12.4. The van der Waals surface area contributed by atoms with Crippen molar-refractivity contribution in [3.63, 3.8) is 0 Å². The van der Waals surface area contributed by atoms with Gasteiger partial charge in [-0.1, -0.05) is 11.6 Å². The molecule has 4 aromatic rings. The van der Waals surface area contributed by atoms with Crippen LogP contribution in [-0.2, 0) is 12.5 Å². The zero-order chi connectivity index (χ0) is 27.1. The van der Waals surface area contributed by atoms with Gasteiger partial charge >= 0.3 is 12.1 Å². The minimum atomic E-state index is -5.94. The molecule has 0 aliphatic heterocycles. The molecule has 1 aromatic carbocycles. The molecule has 0 fully saturated rings. The number of hydrogen-bond donors (Lipinski definition) is 1. The highest BCUT2D eigenvalue weighted by Crippen LogP contribution is 2.44. The van der Waals surface area contributed by atoms with Gasteiger partial charge in [0.2, 0.25) is 0 Å². The first-order chi connectivity index (χ1) is 17.3. The van der Waals surface area contributed by atoms with Gasteiger partial charge in [0.05, 0.1) is 22.1 Å². The van der Waals surface area contributed by atoms with Gasteiger partial charge in [0.1, 0.15) is 11.5 Å². The second kappa shape index (κ2) is 9.69. The first-order valence-electron chi connectivity index (χ1n) is 10.9. The number of benzene rings is 1. The van der Waals surface area contributed by atoms with E-state index in [9.17, 15) is 31.1 Å². The number of halogens is 7. The maximum absolute atomic E-state index is 14.4. The number of nitrogens with zero attached hydrogens (tertiary/aromatic N) is 5. The van der Waals surface area contributed by atoms with Crippen molar-refractivity contribution in [2.75, 3.05) is 6.54 Å². The summed E-state index contributed by atoms with van der Waals surface area (Å²) in [4.78, 5) is 16.7. The Labute approximate surface area is 211 Å². The molecule has 37 heavy (non-hydrogen) atoms. The number of alkyl halides is 5. The van der Waals surface area contributed by atoms with Crippen molar-refractivity contribution >= 4 is 23.2 Å². The molecule has 3 aromatic heterocycles. The van der Waals surface area contributed by atoms with Gasteiger partial charge in [-0.2, -0.15) is 32.1 Å². The summed E-state index contributed by atoms with van der Waals surface area (Å²) in [5.74, 6) is -6.74. The van der Waals surface area contributed by atoms with E-state index >= 15 is 0 Å². The van der Waals surface area contributed by atoms with Gasteiger partial charge in [-0.15, -0.1) is 0 Å². The zero-order valence-corrected chi connectivity index (χ0v) is 20.1. The summed E-state index contributed by atoms with van der Waals surface area (Å²) in [6.07, 6.45) is -5.51. The van der Waals surface area contributed by atoms with E-state index in [0.29, 0.717) is 29.7 Å². The summed E-state index contributed by atoms with van der Waals surface area (Å²) >= 11 is 6.10. The Morgan fingerprint density at radius 1 is 1.05 bits per heavy atom. The van der Waals surface area contributed by atoms with Crippen LogP contribution in [0.3, 0.4) is 0 Å². The molecule has 14 heteroatoms. The Hall–Kier alpha value is -3.61. The van der Waals surface area contributed by atoms with Crippen molar-refractivity contribution in [2.45, 2.75) is 38.9 Å². The molecule has 0 atom stereocenters. The maximum atomic E-state index is 14.4. The molecule has 0 radical (unpaired) electrons. The van der Waals surface area contributed by atoms with E-state index < -0.39 is 40.9 Å². The molecule has 196 valence electrons. The minimum Gasteiger partial charge on any atom is -0.351 e. The number of fused-ring (bicyclic) bond motifs is 1. The Bertz CT molecular complexity index is 1460. The molecule has 0 saturated carbocycles. The maximum Gasteiger partial charge on any atom is 0.459 e. The number of nitrogens with one attached hydrogen (secondary N) is 1. The average molecular weight is 545 g/mol. The third-order valence-corrected chi connectivity index (χ3v) is 6.15. The van der Waals surface area contributed by atoms with Crippen molar-refractivity contribution in [3.8, 4) is 11.3 Å². The Kier molecular flexibility index (Phi) is 6.93. The lowest BCUT2D eigenvalue weighted by molar-refractivity contribution is -0.291. The van der Waals surface area contributed by atoms with Crippen LogP contribution in [0.4, 0.5) is 26.3 Å². The van der Waals surface area contributed by atoms with Gasteiger partial charge in [-0.3, -0.25) is 9.48 Å². The van der Waals surface area contributed by atoms with Gasteiger partial charge in [0.25, 0.3) is 5.91 Å². The van der Waals surface area contributed by atoms with Crippen molar-refractivity contribution in [1.29, 1.82) is 0 Å². The smallest absolute Gasteiger partial charge is 0.351 e. The second-order valence-corrected chi connectivity index (χ2v) is 8.60. The predicted octanol–water partition coefficient (Wildman–Crippen LogP) is 5.48. The molecule has 0 aliphatic carbocycles. The predicted molar refractivity (Wildman–Crippen MR) is 122 cm³/mol. The Morgan fingerprint density at radius 2 is 1.73 bits per heavy atom.